The normalized spacial score (nSPS) is 10.2. The minimum absolute atomic E-state index is 0.0243. The van der Waals surface area contributed by atoms with Crippen molar-refractivity contribution in [2.24, 2.45) is 0 Å². The van der Waals surface area contributed by atoms with E-state index in [9.17, 15) is 19.3 Å². The summed E-state index contributed by atoms with van der Waals surface area (Å²) in [6, 6.07) is 2.92. The topological polar surface area (TPSA) is 106 Å². The van der Waals surface area contributed by atoms with Gasteiger partial charge in [0.25, 0.3) is 5.69 Å². The van der Waals surface area contributed by atoms with Crippen LogP contribution in [-0.4, -0.2) is 26.0 Å². The monoisotopic (exact) mass is 263 g/mol. The molecule has 0 aliphatic rings. The molecule has 96 valence electrons. The average molecular weight is 263 g/mol. The van der Waals surface area contributed by atoms with Crippen molar-refractivity contribution in [1.29, 1.82) is 0 Å². The van der Waals surface area contributed by atoms with E-state index in [4.69, 9.17) is 5.11 Å². The molecule has 0 bridgehead atoms. The number of carboxylic acid groups (broad SMARTS) is 1. The molecule has 7 nitrogen and oxygen atoms in total. The van der Waals surface area contributed by atoms with Crippen LogP contribution in [0.5, 0.6) is 0 Å². The maximum Gasteiger partial charge on any atom is 0.356 e. The lowest BCUT2D eigenvalue weighted by Gasteiger charge is -2.02. The Hall–Kier alpha value is -2.90. The Morgan fingerprint density at radius 2 is 2.05 bits per heavy atom. The Morgan fingerprint density at radius 3 is 2.58 bits per heavy atom. The second-order valence-electron chi connectivity index (χ2n) is 3.51. The summed E-state index contributed by atoms with van der Waals surface area (Å²) in [5.41, 5.74) is -0.674. The van der Waals surface area contributed by atoms with Gasteiger partial charge in [-0.3, -0.25) is 15.1 Å². The van der Waals surface area contributed by atoms with Gasteiger partial charge < -0.3 is 5.11 Å². The van der Waals surface area contributed by atoms with Gasteiger partial charge in [-0.25, -0.2) is 14.2 Å². The number of carbonyl (C=O) groups is 1. The smallest absolute Gasteiger partial charge is 0.356 e. The molecule has 0 fully saturated rings. The van der Waals surface area contributed by atoms with Crippen LogP contribution in [0.2, 0.25) is 0 Å². The summed E-state index contributed by atoms with van der Waals surface area (Å²) in [5.74, 6) is -1.93. The molecule has 0 aliphatic carbocycles. The predicted octanol–water partition coefficient (Wildman–Crippen LogP) is 1.89. The molecule has 1 N–H and O–H groups in total. The van der Waals surface area contributed by atoms with E-state index in [1.807, 2.05) is 0 Å². The fourth-order valence-electron chi connectivity index (χ4n) is 1.45. The highest BCUT2D eigenvalue weighted by molar-refractivity contribution is 5.85. The third-order valence-corrected chi connectivity index (χ3v) is 2.30. The number of hydrogen-bond acceptors (Lipinski definition) is 5. The number of nitrogens with zero attached hydrogens (tertiary/aromatic N) is 3. The first-order valence-corrected chi connectivity index (χ1v) is 4.98. The summed E-state index contributed by atoms with van der Waals surface area (Å²) in [4.78, 5) is 28.1. The summed E-state index contributed by atoms with van der Waals surface area (Å²) in [5, 5.41) is 19.5. The third kappa shape index (κ3) is 2.51. The summed E-state index contributed by atoms with van der Waals surface area (Å²) in [7, 11) is 0. The number of hydrogen-bond donors (Lipinski definition) is 1. The first kappa shape index (κ1) is 12.6. The molecule has 0 aliphatic heterocycles. The van der Waals surface area contributed by atoms with E-state index in [1.54, 1.807) is 0 Å². The van der Waals surface area contributed by atoms with Crippen molar-refractivity contribution in [3.05, 3.63) is 52.2 Å². The van der Waals surface area contributed by atoms with Crippen LogP contribution in [0.4, 0.5) is 10.1 Å². The molecule has 0 saturated carbocycles. The molecule has 19 heavy (non-hydrogen) atoms. The lowest BCUT2D eigenvalue weighted by atomic mass is 10.1. The Labute approximate surface area is 105 Å². The van der Waals surface area contributed by atoms with Crippen LogP contribution in [0.25, 0.3) is 11.3 Å². The van der Waals surface area contributed by atoms with Gasteiger partial charge in [0.1, 0.15) is 5.82 Å². The van der Waals surface area contributed by atoms with Crippen LogP contribution in [0.1, 0.15) is 10.5 Å². The minimum atomic E-state index is -1.27. The fraction of sp³-hybridized carbons (Fsp3) is 0. The van der Waals surface area contributed by atoms with Crippen LogP contribution in [0.15, 0.2) is 30.6 Å². The van der Waals surface area contributed by atoms with Crippen LogP contribution in [0, 0.1) is 15.9 Å². The van der Waals surface area contributed by atoms with Gasteiger partial charge >= 0.3 is 5.97 Å². The van der Waals surface area contributed by atoms with Crippen LogP contribution in [0.3, 0.4) is 0 Å². The maximum absolute atomic E-state index is 13.1. The predicted molar refractivity (Wildman–Crippen MR) is 61.0 cm³/mol. The zero-order valence-corrected chi connectivity index (χ0v) is 9.28. The van der Waals surface area contributed by atoms with E-state index in [2.05, 4.69) is 9.97 Å². The lowest BCUT2D eigenvalue weighted by Crippen LogP contribution is -2.02. The molecule has 2 rings (SSSR count). The molecule has 0 radical (unpaired) electrons. The Kier molecular flexibility index (Phi) is 3.15. The summed E-state index contributed by atoms with van der Waals surface area (Å²) in [6.45, 7) is 0. The highest BCUT2D eigenvalue weighted by Crippen LogP contribution is 2.28. The van der Waals surface area contributed by atoms with Crippen molar-refractivity contribution in [2.45, 2.75) is 0 Å². The van der Waals surface area contributed by atoms with Crippen molar-refractivity contribution in [3.8, 4) is 11.3 Å². The Bertz CT molecular complexity index is 657. The Balaban J connectivity index is 2.54. The van der Waals surface area contributed by atoms with Gasteiger partial charge in [0.15, 0.2) is 5.69 Å². The maximum atomic E-state index is 13.1. The molecule has 8 heteroatoms. The van der Waals surface area contributed by atoms with Gasteiger partial charge in [-0.2, -0.15) is 0 Å². The molecular formula is C11H6FN3O4. The van der Waals surface area contributed by atoms with Crippen molar-refractivity contribution in [3.63, 3.8) is 0 Å². The van der Waals surface area contributed by atoms with E-state index in [-0.39, 0.29) is 22.6 Å². The first-order valence-electron chi connectivity index (χ1n) is 4.98. The van der Waals surface area contributed by atoms with Crippen molar-refractivity contribution >= 4 is 11.7 Å². The van der Waals surface area contributed by atoms with Gasteiger partial charge in [-0.05, 0) is 12.1 Å². The zero-order valence-electron chi connectivity index (χ0n) is 9.28. The number of rotatable bonds is 3. The first-order chi connectivity index (χ1) is 8.99. The highest BCUT2D eigenvalue weighted by atomic mass is 19.1. The molecule has 1 aromatic carbocycles. The molecular weight excluding hydrogens is 257 g/mol. The standard InChI is InChI=1S/C11H6FN3O4/c12-6-1-2-10(15(18)19)7(3-6)8-4-14-9(5-13-8)11(16)17/h1-5H,(H,16,17). The second-order valence-corrected chi connectivity index (χ2v) is 3.51. The number of nitro groups is 1. The second kappa shape index (κ2) is 4.77. The van der Waals surface area contributed by atoms with Gasteiger partial charge in [0, 0.05) is 6.07 Å². The van der Waals surface area contributed by atoms with Gasteiger partial charge in [-0.15, -0.1) is 0 Å². The molecule has 0 atom stereocenters. The molecule has 0 spiro atoms. The lowest BCUT2D eigenvalue weighted by molar-refractivity contribution is -0.384. The number of nitro benzene ring substituents is 1. The van der Waals surface area contributed by atoms with E-state index < -0.39 is 16.7 Å². The fourth-order valence-corrected chi connectivity index (χ4v) is 1.45. The van der Waals surface area contributed by atoms with Gasteiger partial charge in [0.05, 0.1) is 28.6 Å². The SMILES string of the molecule is O=C(O)c1cnc(-c2cc(F)ccc2[N+](=O)[O-])cn1. The van der Waals surface area contributed by atoms with E-state index in [0.29, 0.717) is 0 Å². The molecule has 0 unspecified atom stereocenters. The third-order valence-electron chi connectivity index (χ3n) is 2.30. The van der Waals surface area contributed by atoms with Crippen molar-refractivity contribution in [2.75, 3.05) is 0 Å². The van der Waals surface area contributed by atoms with Crippen LogP contribution >= 0.6 is 0 Å². The number of aromatic carboxylic acids is 1. The van der Waals surface area contributed by atoms with Gasteiger partial charge in [0.2, 0.25) is 0 Å². The number of benzene rings is 1. The Morgan fingerprint density at radius 1 is 1.32 bits per heavy atom. The highest BCUT2D eigenvalue weighted by Gasteiger charge is 2.18. The molecule has 1 aromatic heterocycles. The summed E-state index contributed by atoms with van der Waals surface area (Å²) >= 11 is 0. The van der Waals surface area contributed by atoms with Gasteiger partial charge in [-0.1, -0.05) is 0 Å². The van der Waals surface area contributed by atoms with Crippen LogP contribution in [-0.2, 0) is 0 Å². The number of halogens is 1. The van der Waals surface area contributed by atoms with E-state index >= 15 is 0 Å². The quantitative estimate of drug-likeness (QED) is 0.669. The number of aromatic nitrogens is 2. The summed E-state index contributed by atoms with van der Waals surface area (Å²) < 4.78 is 13.1. The summed E-state index contributed by atoms with van der Waals surface area (Å²) in [6.07, 6.45) is 2.00. The van der Waals surface area contributed by atoms with Crippen LogP contribution < -0.4 is 0 Å². The molecule has 0 saturated heterocycles. The minimum Gasteiger partial charge on any atom is -0.476 e. The van der Waals surface area contributed by atoms with E-state index in [1.165, 1.54) is 0 Å². The van der Waals surface area contributed by atoms with Crippen molar-refractivity contribution < 1.29 is 19.2 Å². The zero-order chi connectivity index (χ0) is 14.0. The molecule has 0 amide bonds. The average Bonchev–Trinajstić information content (AvgIpc) is 2.38. The number of carboxylic acids is 1. The van der Waals surface area contributed by atoms with E-state index in [0.717, 1.165) is 30.6 Å². The molecule has 1 heterocycles. The molecule has 2 aromatic rings. The van der Waals surface area contributed by atoms with Crippen molar-refractivity contribution in [1.82, 2.24) is 9.97 Å². The largest absolute Gasteiger partial charge is 0.476 e.